The highest BCUT2D eigenvalue weighted by atomic mass is 32.2. The van der Waals surface area contributed by atoms with Gasteiger partial charge in [0.15, 0.2) is 0 Å². The van der Waals surface area contributed by atoms with Crippen LogP contribution in [0.1, 0.15) is 34.1 Å². The van der Waals surface area contributed by atoms with Crippen molar-refractivity contribution in [2.45, 2.75) is 13.3 Å². The number of hydrogen-bond acceptors (Lipinski definition) is 3. The van der Waals surface area contributed by atoms with E-state index in [0.29, 0.717) is 17.7 Å². The van der Waals surface area contributed by atoms with Crippen molar-refractivity contribution in [1.82, 2.24) is 4.90 Å². The van der Waals surface area contributed by atoms with Crippen molar-refractivity contribution in [3.05, 3.63) is 35.4 Å². The fourth-order valence-corrected chi connectivity index (χ4v) is 2.65. The standard InChI is InChI=1S/C13H15NO2S/c1-2-8-17-9-7-14-12(15)10-5-3-4-6-11(10)13(14)16/h3-6H,2,7-9H2,1H3. The lowest BCUT2D eigenvalue weighted by molar-refractivity contribution is 0.0664. The Hall–Kier alpha value is -1.29. The van der Waals surface area contributed by atoms with Gasteiger partial charge in [0.1, 0.15) is 0 Å². The topological polar surface area (TPSA) is 37.4 Å². The summed E-state index contributed by atoms with van der Waals surface area (Å²) < 4.78 is 0. The largest absolute Gasteiger partial charge is 0.274 e. The van der Waals surface area contributed by atoms with Gasteiger partial charge in [-0.15, -0.1) is 0 Å². The van der Waals surface area contributed by atoms with Crippen LogP contribution in [0.25, 0.3) is 0 Å². The van der Waals surface area contributed by atoms with Crippen LogP contribution in [0.4, 0.5) is 0 Å². The second-order valence-corrected chi connectivity index (χ2v) is 5.14. The normalized spacial score (nSPS) is 14.3. The monoisotopic (exact) mass is 249 g/mol. The first-order chi connectivity index (χ1) is 8.25. The lowest BCUT2D eigenvalue weighted by Crippen LogP contribution is -2.31. The first kappa shape index (κ1) is 12.2. The summed E-state index contributed by atoms with van der Waals surface area (Å²) in [7, 11) is 0. The highest BCUT2D eigenvalue weighted by molar-refractivity contribution is 7.99. The minimum absolute atomic E-state index is 0.150. The molecule has 0 saturated carbocycles. The van der Waals surface area contributed by atoms with Gasteiger partial charge in [-0.3, -0.25) is 14.5 Å². The molecule has 1 aliphatic rings. The molecule has 1 aliphatic heterocycles. The van der Waals surface area contributed by atoms with Crippen LogP contribution >= 0.6 is 11.8 Å². The van der Waals surface area contributed by atoms with E-state index in [-0.39, 0.29) is 11.8 Å². The molecule has 1 heterocycles. The molecular formula is C13H15NO2S. The molecule has 1 aromatic carbocycles. The quantitative estimate of drug-likeness (QED) is 0.594. The maximum Gasteiger partial charge on any atom is 0.261 e. The molecule has 0 aliphatic carbocycles. The summed E-state index contributed by atoms with van der Waals surface area (Å²) in [6.07, 6.45) is 1.12. The van der Waals surface area contributed by atoms with Gasteiger partial charge in [-0.1, -0.05) is 19.1 Å². The Morgan fingerprint density at radius 2 is 1.65 bits per heavy atom. The van der Waals surface area contributed by atoms with E-state index >= 15 is 0 Å². The fraction of sp³-hybridized carbons (Fsp3) is 0.385. The lowest BCUT2D eigenvalue weighted by Gasteiger charge is -2.12. The molecule has 0 unspecified atom stereocenters. The minimum Gasteiger partial charge on any atom is -0.274 e. The number of hydrogen-bond donors (Lipinski definition) is 0. The predicted octanol–water partition coefficient (Wildman–Crippen LogP) is 2.43. The Bertz CT molecular complexity index is 410. The molecule has 0 N–H and O–H groups in total. The molecular weight excluding hydrogens is 234 g/mol. The van der Waals surface area contributed by atoms with E-state index in [9.17, 15) is 9.59 Å². The third-order valence-corrected chi connectivity index (χ3v) is 3.85. The van der Waals surface area contributed by atoms with Crippen molar-refractivity contribution in [2.24, 2.45) is 0 Å². The summed E-state index contributed by atoms with van der Waals surface area (Å²) in [6.45, 7) is 2.63. The summed E-state index contributed by atoms with van der Waals surface area (Å²) in [5, 5.41) is 0. The summed E-state index contributed by atoms with van der Waals surface area (Å²) in [6, 6.07) is 7.02. The Kier molecular flexibility index (Phi) is 3.84. The molecule has 4 heteroatoms. The SMILES string of the molecule is CCCSCCN1C(=O)c2ccccc2C1=O. The van der Waals surface area contributed by atoms with Crippen molar-refractivity contribution in [3.8, 4) is 0 Å². The van der Waals surface area contributed by atoms with Gasteiger partial charge in [0.2, 0.25) is 0 Å². The molecule has 0 radical (unpaired) electrons. The van der Waals surface area contributed by atoms with Crippen LogP contribution in [-0.4, -0.2) is 34.8 Å². The summed E-state index contributed by atoms with van der Waals surface area (Å²) >= 11 is 1.78. The average molecular weight is 249 g/mol. The zero-order valence-corrected chi connectivity index (χ0v) is 10.6. The molecule has 0 bridgehead atoms. The Labute approximate surface area is 105 Å². The Balaban J connectivity index is 2.03. The molecule has 0 atom stereocenters. The first-order valence-electron chi connectivity index (χ1n) is 5.78. The number of carbonyl (C=O) groups excluding carboxylic acids is 2. The molecule has 0 fully saturated rings. The number of rotatable bonds is 5. The molecule has 0 spiro atoms. The van der Waals surface area contributed by atoms with E-state index in [2.05, 4.69) is 6.92 Å². The number of nitrogens with zero attached hydrogens (tertiary/aromatic N) is 1. The van der Waals surface area contributed by atoms with E-state index in [1.807, 2.05) is 0 Å². The number of carbonyl (C=O) groups is 2. The maximum atomic E-state index is 12.0. The van der Waals surface area contributed by atoms with E-state index in [1.54, 1.807) is 36.0 Å². The molecule has 0 saturated heterocycles. The lowest BCUT2D eigenvalue weighted by atomic mass is 10.1. The van der Waals surface area contributed by atoms with Crippen molar-refractivity contribution in [2.75, 3.05) is 18.1 Å². The zero-order chi connectivity index (χ0) is 12.3. The molecule has 0 aromatic heterocycles. The van der Waals surface area contributed by atoms with E-state index in [0.717, 1.165) is 17.9 Å². The van der Waals surface area contributed by atoms with Gasteiger partial charge in [0.25, 0.3) is 11.8 Å². The van der Waals surface area contributed by atoms with Crippen LogP contribution in [0.5, 0.6) is 0 Å². The number of fused-ring (bicyclic) bond motifs is 1. The summed E-state index contributed by atoms with van der Waals surface area (Å²) in [5.74, 6) is 1.59. The number of imide groups is 1. The van der Waals surface area contributed by atoms with Gasteiger partial charge in [0, 0.05) is 12.3 Å². The van der Waals surface area contributed by atoms with Gasteiger partial charge in [0.05, 0.1) is 11.1 Å². The van der Waals surface area contributed by atoms with Crippen LogP contribution in [0.2, 0.25) is 0 Å². The maximum absolute atomic E-state index is 12.0. The van der Waals surface area contributed by atoms with Gasteiger partial charge in [-0.25, -0.2) is 0 Å². The van der Waals surface area contributed by atoms with Gasteiger partial charge in [-0.05, 0) is 24.3 Å². The van der Waals surface area contributed by atoms with Gasteiger partial charge in [-0.2, -0.15) is 11.8 Å². The molecule has 3 nitrogen and oxygen atoms in total. The number of benzene rings is 1. The summed E-state index contributed by atoms with van der Waals surface area (Å²) in [5.41, 5.74) is 1.08. The fourth-order valence-electron chi connectivity index (χ4n) is 1.84. The van der Waals surface area contributed by atoms with E-state index < -0.39 is 0 Å². The minimum atomic E-state index is -0.150. The smallest absolute Gasteiger partial charge is 0.261 e. The second-order valence-electron chi connectivity index (χ2n) is 3.92. The van der Waals surface area contributed by atoms with Crippen molar-refractivity contribution < 1.29 is 9.59 Å². The number of thioether (sulfide) groups is 1. The molecule has 2 amide bonds. The van der Waals surface area contributed by atoms with Crippen molar-refractivity contribution >= 4 is 23.6 Å². The molecule has 1 aromatic rings. The van der Waals surface area contributed by atoms with Crippen molar-refractivity contribution in [1.29, 1.82) is 0 Å². The highest BCUT2D eigenvalue weighted by Crippen LogP contribution is 2.22. The van der Waals surface area contributed by atoms with Crippen LogP contribution in [0.3, 0.4) is 0 Å². The van der Waals surface area contributed by atoms with Crippen molar-refractivity contribution in [3.63, 3.8) is 0 Å². The third kappa shape index (κ3) is 2.36. The molecule has 2 rings (SSSR count). The number of amides is 2. The first-order valence-corrected chi connectivity index (χ1v) is 6.94. The predicted molar refractivity (Wildman–Crippen MR) is 69.4 cm³/mol. The van der Waals surface area contributed by atoms with Crippen LogP contribution in [-0.2, 0) is 0 Å². The highest BCUT2D eigenvalue weighted by Gasteiger charge is 2.34. The average Bonchev–Trinajstić information content (AvgIpc) is 2.60. The van der Waals surface area contributed by atoms with E-state index in [1.165, 1.54) is 4.90 Å². The Morgan fingerprint density at radius 3 is 2.18 bits per heavy atom. The van der Waals surface area contributed by atoms with Crippen LogP contribution in [0, 0.1) is 0 Å². The second kappa shape index (κ2) is 5.36. The Morgan fingerprint density at radius 1 is 1.06 bits per heavy atom. The molecule has 17 heavy (non-hydrogen) atoms. The summed E-state index contributed by atoms with van der Waals surface area (Å²) in [4.78, 5) is 25.3. The van der Waals surface area contributed by atoms with Crippen LogP contribution < -0.4 is 0 Å². The third-order valence-electron chi connectivity index (χ3n) is 2.69. The van der Waals surface area contributed by atoms with Crippen LogP contribution in [0.15, 0.2) is 24.3 Å². The van der Waals surface area contributed by atoms with Gasteiger partial charge < -0.3 is 0 Å². The zero-order valence-electron chi connectivity index (χ0n) is 9.81. The van der Waals surface area contributed by atoms with Gasteiger partial charge >= 0.3 is 0 Å². The molecule has 90 valence electrons. The van der Waals surface area contributed by atoms with E-state index in [4.69, 9.17) is 0 Å².